The highest BCUT2D eigenvalue weighted by Gasteiger charge is 2.22. The number of carboxylic acids is 1. The molecule has 2 atom stereocenters. The molecule has 5 nitrogen and oxygen atoms in total. The quantitative estimate of drug-likeness (QED) is 0.746. The number of nitrogens with one attached hydrogen (secondary N) is 1. The zero-order valence-electron chi connectivity index (χ0n) is 10.4. The number of benzene rings is 1. The van der Waals surface area contributed by atoms with Crippen LogP contribution in [0.1, 0.15) is 24.9 Å². The largest absolute Gasteiger partial charge is 0.480 e. The first-order chi connectivity index (χ1) is 8.54. The van der Waals surface area contributed by atoms with Crippen LogP contribution in [-0.4, -0.2) is 30.2 Å². The van der Waals surface area contributed by atoms with Crippen molar-refractivity contribution in [2.45, 2.75) is 25.4 Å². The van der Waals surface area contributed by atoms with Crippen molar-refractivity contribution in [3.05, 3.63) is 35.9 Å². The zero-order valence-corrected chi connectivity index (χ0v) is 10.4. The van der Waals surface area contributed by atoms with Crippen LogP contribution in [0.5, 0.6) is 0 Å². The predicted molar refractivity (Wildman–Crippen MR) is 66.0 cm³/mol. The van der Waals surface area contributed by atoms with Gasteiger partial charge in [0.2, 0.25) is 0 Å². The summed E-state index contributed by atoms with van der Waals surface area (Å²) in [4.78, 5) is 22.3. The molecular formula is C13H17NO4. The Hall–Kier alpha value is -1.88. The fourth-order valence-electron chi connectivity index (χ4n) is 1.63. The van der Waals surface area contributed by atoms with E-state index in [1.165, 1.54) is 7.11 Å². The molecule has 0 aliphatic heterocycles. The smallest absolute Gasteiger partial charge is 0.325 e. The number of esters is 1. The lowest BCUT2D eigenvalue weighted by Crippen LogP contribution is -2.36. The number of hydrogen-bond acceptors (Lipinski definition) is 4. The van der Waals surface area contributed by atoms with Crippen LogP contribution in [0.3, 0.4) is 0 Å². The molecule has 0 fully saturated rings. The van der Waals surface area contributed by atoms with E-state index in [2.05, 4.69) is 10.1 Å². The van der Waals surface area contributed by atoms with Crippen molar-refractivity contribution in [1.82, 2.24) is 5.32 Å². The number of ether oxygens (including phenoxy) is 1. The first-order valence-electron chi connectivity index (χ1n) is 5.65. The third-order valence-corrected chi connectivity index (χ3v) is 2.53. The SMILES string of the molecule is COC(=O)CC(C)NC(C(=O)O)c1ccccc1. The monoisotopic (exact) mass is 251 g/mol. The summed E-state index contributed by atoms with van der Waals surface area (Å²) in [5, 5.41) is 12.1. The summed E-state index contributed by atoms with van der Waals surface area (Å²) in [6, 6.07) is 7.73. The van der Waals surface area contributed by atoms with E-state index in [9.17, 15) is 14.7 Å². The molecule has 5 heteroatoms. The van der Waals surface area contributed by atoms with E-state index in [0.717, 1.165) is 0 Å². The maximum Gasteiger partial charge on any atom is 0.325 e. The van der Waals surface area contributed by atoms with Gasteiger partial charge in [0.15, 0.2) is 0 Å². The molecule has 0 aromatic heterocycles. The molecule has 0 aliphatic rings. The second-order valence-electron chi connectivity index (χ2n) is 4.03. The molecule has 0 amide bonds. The van der Waals surface area contributed by atoms with Crippen molar-refractivity contribution in [3.8, 4) is 0 Å². The van der Waals surface area contributed by atoms with Crippen LogP contribution in [0.4, 0.5) is 0 Å². The van der Waals surface area contributed by atoms with Crippen molar-refractivity contribution >= 4 is 11.9 Å². The number of carbonyl (C=O) groups is 2. The van der Waals surface area contributed by atoms with Crippen LogP contribution in [0, 0.1) is 0 Å². The number of hydrogen-bond donors (Lipinski definition) is 2. The molecule has 2 unspecified atom stereocenters. The van der Waals surface area contributed by atoms with E-state index in [4.69, 9.17) is 0 Å². The first-order valence-corrected chi connectivity index (χ1v) is 5.65. The first kappa shape index (κ1) is 14.2. The standard InChI is InChI=1S/C13H17NO4/c1-9(8-11(15)18-2)14-12(13(16)17)10-6-4-3-5-7-10/h3-7,9,12,14H,8H2,1-2H3,(H,16,17). The zero-order chi connectivity index (χ0) is 13.5. The second kappa shape index (κ2) is 6.76. The summed E-state index contributed by atoms with van der Waals surface area (Å²) in [5.74, 6) is -1.34. The molecule has 0 saturated heterocycles. The van der Waals surface area contributed by atoms with Gasteiger partial charge in [0.25, 0.3) is 0 Å². The Morgan fingerprint density at radius 3 is 2.44 bits per heavy atom. The lowest BCUT2D eigenvalue weighted by Gasteiger charge is -2.19. The Balaban J connectivity index is 2.70. The Bertz CT molecular complexity index is 405. The van der Waals surface area contributed by atoms with Gasteiger partial charge in [-0.15, -0.1) is 0 Å². The molecule has 1 aromatic rings. The molecule has 0 heterocycles. The van der Waals surface area contributed by atoms with E-state index in [1.807, 2.05) is 6.07 Å². The van der Waals surface area contributed by atoms with Gasteiger partial charge < -0.3 is 9.84 Å². The highest BCUT2D eigenvalue weighted by atomic mass is 16.5. The van der Waals surface area contributed by atoms with Gasteiger partial charge >= 0.3 is 11.9 Å². The van der Waals surface area contributed by atoms with E-state index >= 15 is 0 Å². The minimum Gasteiger partial charge on any atom is -0.480 e. The lowest BCUT2D eigenvalue weighted by molar-refractivity contribution is -0.143. The van der Waals surface area contributed by atoms with Gasteiger partial charge in [0.05, 0.1) is 13.5 Å². The van der Waals surface area contributed by atoms with Crippen molar-refractivity contribution in [1.29, 1.82) is 0 Å². The Morgan fingerprint density at radius 1 is 1.33 bits per heavy atom. The van der Waals surface area contributed by atoms with E-state index in [1.54, 1.807) is 31.2 Å². The molecule has 1 aromatic carbocycles. The number of carboxylic acid groups (broad SMARTS) is 1. The van der Waals surface area contributed by atoms with Gasteiger partial charge in [0, 0.05) is 6.04 Å². The Kier molecular flexibility index (Phi) is 5.32. The van der Waals surface area contributed by atoms with Gasteiger partial charge in [0.1, 0.15) is 6.04 Å². The van der Waals surface area contributed by atoms with Gasteiger partial charge in [-0.1, -0.05) is 30.3 Å². The summed E-state index contributed by atoms with van der Waals surface area (Å²) in [5.41, 5.74) is 0.654. The van der Waals surface area contributed by atoms with Gasteiger partial charge in [-0.3, -0.25) is 14.9 Å². The Labute approximate surface area is 106 Å². The fraction of sp³-hybridized carbons (Fsp3) is 0.385. The van der Waals surface area contributed by atoms with E-state index in [0.29, 0.717) is 5.56 Å². The van der Waals surface area contributed by atoms with Crippen LogP contribution in [0.15, 0.2) is 30.3 Å². The minimum absolute atomic E-state index is 0.132. The van der Waals surface area contributed by atoms with Crippen molar-refractivity contribution < 1.29 is 19.4 Å². The molecular weight excluding hydrogens is 234 g/mol. The van der Waals surface area contributed by atoms with Crippen LogP contribution in [-0.2, 0) is 14.3 Å². The van der Waals surface area contributed by atoms with Crippen molar-refractivity contribution in [2.75, 3.05) is 7.11 Å². The van der Waals surface area contributed by atoms with Crippen LogP contribution in [0.2, 0.25) is 0 Å². The maximum absolute atomic E-state index is 11.2. The third kappa shape index (κ3) is 4.18. The number of rotatable bonds is 6. The second-order valence-corrected chi connectivity index (χ2v) is 4.03. The number of methoxy groups -OCH3 is 1. The molecule has 0 bridgehead atoms. The van der Waals surface area contributed by atoms with Gasteiger partial charge in [-0.05, 0) is 12.5 Å². The van der Waals surface area contributed by atoms with Crippen molar-refractivity contribution in [2.24, 2.45) is 0 Å². The normalized spacial score (nSPS) is 13.7. The van der Waals surface area contributed by atoms with Crippen LogP contribution >= 0.6 is 0 Å². The molecule has 0 aliphatic carbocycles. The van der Waals surface area contributed by atoms with E-state index in [-0.39, 0.29) is 18.4 Å². The molecule has 2 N–H and O–H groups in total. The summed E-state index contributed by atoms with van der Waals surface area (Å²) in [7, 11) is 1.31. The molecule has 0 saturated carbocycles. The van der Waals surface area contributed by atoms with Crippen LogP contribution < -0.4 is 5.32 Å². The maximum atomic E-state index is 11.2. The summed E-state index contributed by atoms with van der Waals surface area (Å²) in [6.45, 7) is 1.75. The third-order valence-electron chi connectivity index (χ3n) is 2.53. The minimum atomic E-state index is -0.974. The predicted octanol–water partition coefficient (Wildman–Crippen LogP) is 1.35. The number of aliphatic carboxylic acids is 1. The van der Waals surface area contributed by atoms with Crippen LogP contribution in [0.25, 0.3) is 0 Å². The van der Waals surface area contributed by atoms with Gasteiger partial charge in [-0.2, -0.15) is 0 Å². The molecule has 0 spiro atoms. The lowest BCUT2D eigenvalue weighted by atomic mass is 10.1. The summed E-state index contributed by atoms with van der Waals surface area (Å²) < 4.78 is 4.54. The van der Waals surface area contributed by atoms with E-state index < -0.39 is 12.0 Å². The molecule has 1 rings (SSSR count). The topological polar surface area (TPSA) is 75.6 Å². The highest BCUT2D eigenvalue weighted by Crippen LogP contribution is 2.14. The average Bonchev–Trinajstić information content (AvgIpc) is 2.36. The summed E-state index contributed by atoms with van der Waals surface area (Å²) >= 11 is 0. The van der Waals surface area contributed by atoms with Gasteiger partial charge in [-0.25, -0.2) is 0 Å². The molecule has 98 valence electrons. The molecule has 0 radical (unpaired) electrons. The highest BCUT2D eigenvalue weighted by molar-refractivity contribution is 5.76. The van der Waals surface area contributed by atoms with Crippen molar-refractivity contribution in [3.63, 3.8) is 0 Å². The Morgan fingerprint density at radius 2 is 1.94 bits per heavy atom. The molecule has 18 heavy (non-hydrogen) atoms. The average molecular weight is 251 g/mol. The fourth-order valence-corrected chi connectivity index (χ4v) is 1.63. The number of carbonyl (C=O) groups excluding carboxylic acids is 1. The summed E-state index contributed by atoms with van der Waals surface area (Å²) in [6.07, 6.45) is 0.132.